The molecule has 0 aliphatic carbocycles. The second kappa shape index (κ2) is 11.0. The lowest BCUT2D eigenvalue weighted by molar-refractivity contribution is -0.137. The van der Waals surface area contributed by atoms with Crippen molar-refractivity contribution in [1.29, 1.82) is 0 Å². The molecule has 1 amide bonds. The highest BCUT2D eigenvalue weighted by molar-refractivity contribution is 9.10. The van der Waals surface area contributed by atoms with Crippen molar-refractivity contribution in [3.63, 3.8) is 0 Å². The molecule has 1 aliphatic heterocycles. The van der Waals surface area contributed by atoms with Crippen molar-refractivity contribution in [3.8, 4) is 16.9 Å². The van der Waals surface area contributed by atoms with E-state index in [1.165, 1.54) is 4.90 Å². The number of benzene rings is 3. The summed E-state index contributed by atoms with van der Waals surface area (Å²) in [6, 6.07) is 14.2. The summed E-state index contributed by atoms with van der Waals surface area (Å²) in [7, 11) is 1.54. The molecular formula is C30H29BrF3NO4. The van der Waals surface area contributed by atoms with E-state index in [0.717, 1.165) is 28.8 Å². The van der Waals surface area contributed by atoms with Crippen LogP contribution in [-0.2, 0) is 17.5 Å². The Morgan fingerprint density at radius 3 is 2.41 bits per heavy atom. The Morgan fingerprint density at radius 1 is 1.05 bits per heavy atom. The van der Waals surface area contributed by atoms with E-state index >= 15 is 0 Å². The molecule has 3 atom stereocenters. The predicted octanol–water partition coefficient (Wildman–Crippen LogP) is 8.05. The van der Waals surface area contributed by atoms with Crippen LogP contribution in [0.4, 0.5) is 18.0 Å². The zero-order valence-corrected chi connectivity index (χ0v) is 23.8. The van der Waals surface area contributed by atoms with E-state index in [1.807, 2.05) is 25.1 Å². The Balaban J connectivity index is 1.72. The highest BCUT2D eigenvalue weighted by Gasteiger charge is 2.41. The molecule has 1 heterocycles. The monoisotopic (exact) mass is 603 g/mol. The first-order valence-corrected chi connectivity index (χ1v) is 13.3. The number of hydrogen-bond donors (Lipinski definition) is 0. The Kier molecular flexibility index (Phi) is 8.12. The first kappa shape index (κ1) is 28.7. The van der Waals surface area contributed by atoms with Crippen LogP contribution in [0, 0.1) is 13.8 Å². The van der Waals surface area contributed by atoms with Crippen molar-refractivity contribution in [2.24, 2.45) is 0 Å². The Hall–Kier alpha value is -3.33. The number of hydrogen-bond acceptors (Lipinski definition) is 4. The third-order valence-electron chi connectivity index (χ3n) is 6.88. The quantitative estimate of drug-likeness (QED) is 0.202. The Bertz CT molecular complexity index is 1420. The van der Waals surface area contributed by atoms with Crippen molar-refractivity contribution in [3.05, 3.63) is 88.0 Å². The minimum absolute atomic E-state index is 0.0801. The number of nitrogens with zero attached hydrogens (tertiary/aromatic N) is 1. The third kappa shape index (κ3) is 5.98. The largest absolute Gasteiger partial charge is 0.496 e. The summed E-state index contributed by atoms with van der Waals surface area (Å²) < 4.78 is 51.6. The van der Waals surface area contributed by atoms with Gasteiger partial charge in [-0.25, -0.2) is 4.79 Å². The average Bonchev–Trinajstić information content (AvgIpc) is 3.15. The molecule has 0 spiro atoms. The summed E-state index contributed by atoms with van der Waals surface area (Å²) in [6.45, 7) is 7.18. The molecule has 206 valence electrons. The normalized spacial score (nSPS) is 18.2. The van der Waals surface area contributed by atoms with Gasteiger partial charge in [-0.1, -0.05) is 51.3 Å². The van der Waals surface area contributed by atoms with E-state index in [4.69, 9.17) is 9.47 Å². The number of alkyl halides is 4. The molecule has 0 N–H and O–H groups in total. The van der Waals surface area contributed by atoms with Crippen LogP contribution in [-0.4, -0.2) is 34.8 Å². The fraction of sp³-hybridized carbons (Fsp3) is 0.333. The maximum absolute atomic E-state index is 13.4. The van der Waals surface area contributed by atoms with Gasteiger partial charge in [-0.2, -0.15) is 13.2 Å². The average molecular weight is 604 g/mol. The van der Waals surface area contributed by atoms with Crippen LogP contribution < -0.4 is 4.74 Å². The minimum Gasteiger partial charge on any atom is -0.496 e. The summed E-state index contributed by atoms with van der Waals surface area (Å²) >= 11 is 3.33. The van der Waals surface area contributed by atoms with Crippen LogP contribution >= 0.6 is 15.9 Å². The van der Waals surface area contributed by atoms with Gasteiger partial charge in [0.15, 0.2) is 5.78 Å². The molecule has 0 bridgehead atoms. The van der Waals surface area contributed by atoms with E-state index in [1.54, 1.807) is 52.1 Å². The number of Topliss-reactive ketones (excluding diaryl/α,β-unsaturated/α-hetero) is 1. The molecular weight excluding hydrogens is 575 g/mol. The summed E-state index contributed by atoms with van der Waals surface area (Å²) in [6.07, 6.45) is -5.98. The molecule has 0 radical (unpaired) electrons. The molecule has 1 saturated heterocycles. The van der Waals surface area contributed by atoms with E-state index in [2.05, 4.69) is 15.9 Å². The molecule has 0 saturated carbocycles. The number of rotatable bonds is 7. The topological polar surface area (TPSA) is 55.8 Å². The van der Waals surface area contributed by atoms with Gasteiger partial charge < -0.3 is 9.47 Å². The fourth-order valence-corrected chi connectivity index (χ4v) is 5.17. The van der Waals surface area contributed by atoms with Crippen molar-refractivity contribution in [2.75, 3.05) is 7.11 Å². The lowest BCUT2D eigenvalue weighted by Gasteiger charge is -2.24. The zero-order valence-electron chi connectivity index (χ0n) is 22.2. The second-order valence-electron chi connectivity index (χ2n) is 9.86. The van der Waals surface area contributed by atoms with Gasteiger partial charge in [0.25, 0.3) is 0 Å². The number of ketones is 1. The van der Waals surface area contributed by atoms with E-state index in [0.29, 0.717) is 28.0 Å². The predicted molar refractivity (Wildman–Crippen MR) is 146 cm³/mol. The molecule has 3 aromatic carbocycles. The number of carbonyl (C=O) groups is 2. The van der Waals surface area contributed by atoms with Crippen LogP contribution in [0.3, 0.4) is 0 Å². The van der Waals surface area contributed by atoms with Crippen LogP contribution in [0.1, 0.15) is 58.1 Å². The molecule has 5 nitrogen and oxygen atoms in total. The van der Waals surface area contributed by atoms with Crippen molar-refractivity contribution >= 4 is 27.8 Å². The van der Waals surface area contributed by atoms with Crippen LogP contribution in [0.15, 0.2) is 54.6 Å². The van der Waals surface area contributed by atoms with Crippen LogP contribution in [0.5, 0.6) is 5.75 Å². The lowest BCUT2D eigenvalue weighted by atomic mass is 9.93. The van der Waals surface area contributed by atoms with Gasteiger partial charge in [0.1, 0.15) is 11.9 Å². The lowest BCUT2D eigenvalue weighted by Crippen LogP contribution is -2.31. The van der Waals surface area contributed by atoms with Crippen molar-refractivity contribution < 1.29 is 32.2 Å². The molecule has 3 aromatic rings. The standard InChI is InChI=1S/C30H29BrF3NO4/c1-16-6-8-24(25-14-20(27(36)18(3)31)7-9-26(25)38-5)22(10-16)15-35-19(4)28(39-29(35)37)21-11-17(2)12-23(13-21)30(32,33)34/h6-14,18-19,28H,15H2,1-5H3/t18?,19-,28-/m0/s1. The number of halogens is 4. The minimum atomic E-state index is -4.51. The number of methoxy groups -OCH3 is 1. The number of amides is 1. The smallest absolute Gasteiger partial charge is 0.416 e. The molecule has 4 rings (SSSR count). The maximum Gasteiger partial charge on any atom is 0.416 e. The Labute approximate surface area is 234 Å². The van der Waals surface area contributed by atoms with E-state index in [9.17, 15) is 22.8 Å². The SMILES string of the molecule is COc1ccc(C(=O)C(C)Br)cc1-c1ccc(C)cc1CN1C(=O)O[C@H](c2cc(C)cc(C(F)(F)F)c2)[C@@H]1C. The fourth-order valence-electron chi connectivity index (χ4n) is 4.90. The maximum atomic E-state index is 13.4. The van der Waals surface area contributed by atoms with Gasteiger partial charge in [-0.3, -0.25) is 9.69 Å². The van der Waals surface area contributed by atoms with Gasteiger partial charge >= 0.3 is 12.3 Å². The van der Waals surface area contributed by atoms with E-state index < -0.39 is 30.0 Å². The van der Waals surface area contributed by atoms with Gasteiger partial charge in [-0.15, -0.1) is 0 Å². The third-order valence-corrected chi connectivity index (χ3v) is 7.30. The highest BCUT2D eigenvalue weighted by atomic mass is 79.9. The first-order chi connectivity index (χ1) is 18.3. The summed E-state index contributed by atoms with van der Waals surface area (Å²) in [5.41, 5.74) is 3.67. The molecule has 9 heteroatoms. The van der Waals surface area contributed by atoms with E-state index in [-0.39, 0.29) is 17.2 Å². The molecule has 39 heavy (non-hydrogen) atoms. The van der Waals surface area contributed by atoms with Crippen LogP contribution in [0.2, 0.25) is 0 Å². The molecule has 1 aliphatic rings. The van der Waals surface area contributed by atoms with Gasteiger partial charge in [-0.05, 0) is 74.7 Å². The summed E-state index contributed by atoms with van der Waals surface area (Å²) in [4.78, 5) is 26.9. The van der Waals surface area contributed by atoms with Crippen LogP contribution in [0.25, 0.3) is 11.1 Å². The van der Waals surface area contributed by atoms with Gasteiger partial charge in [0.2, 0.25) is 0 Å². The zero-order chi connectivity index (χ0) is 28.6. The number of ether oxygens (including phenoxy) is 2. The number of carbonyl (C=O) groups excluding carboxylic acids is 2. The summed E-state index contributed by atoms with van der Waals surface area (Å²) in [5, 5.41) is 0. The Morgan fingerprint density at radius 2 is 1.77 bits per heavy atom. The number of cyclic esters (lactones) is 1. The molecule has 1 unspecified atom stereocenters. The second-order valence-corrected chi connectivity index (χ2v) is 11.2. The van der Waals surface area contributed by atoms with Crippen molar-refractivity contribution in [2.45, 2.75) is 57.4 Å². The van der Waals surface area contributed by atoms with Gasteiger partial charge in [0.05, 0.1) is 30.1 Å². The molecule has 0 aromatic heterocycles. The summed E-state index contributed by atoms with van der Waals surface area (Å²) in [5.74, 6) is 0.483. The number of aryl methyl sites for hydroxylation is 2. The van der Waals surface area contributed by atoms with Gasteiger partial charge in [0, 0.05) is 11.1 Å². The highest BCUT2D eigenvalue weighted by Crippen LogP contribution is 2.40. The first-order valence-electron chi connectivity index (χ1n) is 12.4. The molecule has 1 fully saturated rings. The van der Waals surface area contributed by atoms with Crippen molar-refractivity contribution in [1.82, 2.24) is 4.90 Å².